The first kappa shape index (κ1) is 36.8. The van der Waals surface area contributed by atoms with Gasteiger partial charge in [-0.1, -0.05) is 12.1 Å². The Labute approximate surface area is 312 Å². The molecule has 0 bridgehead atoms. The topological polar surface area (TPSA) is 153 Å². The third kappa shape index (κ3) is 7.88. The Morgan fingerprint density at radius 2 is 1.91 bits per heavy atom. The Morgan fingerprint density at radius 1 is 1.06 bits per heavy atom. The number of ether oxygens (including phenoxy) is 3. The van der Waals surface area contributed by atoms with E-state index in [-0.39, 0.29) is 31.0 Å². The van der Waals surface area contributed by atoms with Crippen LogP contribution >= 0.6 is 0 Å². The first-order valence-electron chi connectivity index (χ1n) is 18.0. The van der Waals surface area contributed by atoms with Gasteiger partial charge >= 0.3 is 0 Å². The van der Waals surface area contributed by atoms with Gasteiger partial charge in [0.1, 0.15) is 17.8 Å². The van der Waals surface area contributed by atoms with Crippen LogP contribution in [0.5, 0.6) is 5.88 Å². The van der Waals surface area contributed by atoms with Gasteiger partial charge in [-0.3, -0.25) is 24.3 Å². The molecule has 2 aromatic carbocycles. The number of pyridine rings is 1. The zero-order valence-corrected chi connectivity index (χ0v) is 30.8. The molecule has 1 fully saturated rings. The number of methoxy groups -OCH3 is 2. The number of likely N-dealkylation sites (tertiary alicyclic amines) is 1. The second kappa shape index (κ2) is 15.8. The summed E-state index contributed by atoms with van der Waals surface area (Å²) in [6.07, 6.45) is 6.30. The lowest BCUT2D eigenvalue weighted by molar-refractivity contribution is -0.138. The molecule has 14 nitrogen and oxygen atoms in total. The van der Waals surface area contributed by atoms with Crippen LogP contribution in [-0.2, 0) is 25.6 Å². The molecule has 7 rings (SSSR count). The van der Waals surface area contributed by atoms with Gasteiger partial charge in [0.05, 0.1) is 36.9 Å². The van der Waals surface area contributed by atoms with Crippen LogP contribution < -0.4 is 10.1 Å². The monoisotopic (exact) mass is 737 g/mol. The Kier molecular flexibility index (Phi) is 10.8. The number of benzene rings is 2. The lowest BCUT2D eigenvalue weighted by atomic mass is 9.98. The van der Waals surface area contributed by atoms with Crippen LogP contribution in [0.1, 0.15) is 32.3 Å². The molecule has 1 unspecified atom stereocenters. The number of hydrogen-bond donors (Lipinski definition) is 2. The van der Waals surface area contributed by atoms with Gasteiger partial charge in [-0.2, -0.15) is 10.2 Å². The van der Waals surface area contributed by atoms with Crippen molar-refractivity contribution < 1.29 is 28.2 Å². The molecule has 0 saturated carbocycles. The number of carbonyl (C=O) groups excluding carboxylic acids is 2. The number of rotatable bonds is 13. The van der Waals surface area contributed by atoms with Gasteiger partial charge in [0.15, 0.2) is 11.4 Å². The number of hydrogen-bond acceptors (Lipinski definition) is 10. The molecule has 5 heterocycles. The molecule has 2 amide bonds. The maximum absolute atomic E-state index is 15.2. The molecule has 54 heavy (non-hydrogen) atoms. The van der Waals surface area contributed by atoms with Gasteiger partial charge in [0.25, 0.3) is 5.91 Å². The maximum atomic E-state index is 15.2. The molecule has 15 heteroatoms. The normalized spacial score (nSPS) is 17.7. The second-order valence-corrected chi connectivity index (χ2v) is 13.8. The molecule has 3 aromatic heterocycles. The Balaban J connectivity index is 0.946. The number of nitrogens with zero attached hydrogens (tertiary/aromatic N) is 7. The van der Waals surface area contributed by atoms with Crippen LogP contribution in [0.15, 0.2) is 67.1 Å². The number of aromatic amines is 1. The van der Waals surface area contributed by atoms with Gasteiger partial charge in [-0.15, -0.1) is 0 Å². The van der Waals surface area contributed by atoms with Gasteiger partial charge in [-0.25, -0.2) is 14.4 Å². The highest BCUT2D eigenvalue weighted by atomic mass is 19.1. The summed E-state index contributed by atoms with van der Waals surface area (Å²) in [5.41, 5.74) is 3.89. The van der Waals surface area contributed by atoms with E-state index in [4.69, 9.17) is 14.2 Å². The molecular formula is C39H44FN9O5. The number of nitrogens with one attached hydrogen (secondary N) is 2. The fourth-order valence-corrected chi connectivity index (χ4v) is 6.88. The maximum Gasteiger partial charge on any atom is 0.258 e. The SMILES string of the molecule is COCCn1cnc(-c2ccc(C3=CCN(C(=O)CN4CCC(OC)(C(=O)Nc5ccc6[nH]nc(-c7ccc(OC(C)C)nc7)c6c5)C4)CC3)cc2F)n1. The van der Waals surface area contributed by atoms with Gasteiger partial charge in [-0.05, 0) is 74.2 Å². The Morgan fingerprint density at radius 3 is 2.63 bits per heavy atom. The molecule has 2 aliphatic rings. The summed E-state index contributed by atoms with van der Waals surface area (Å²) in [6, 6.07) is 14.3. The van der Waals surface area contributed by atoms with E-state index in [1.807, 2.05) is 61.2 Å². The third-order valence-corrected chi connectivity index (χ3v) is 9.86. The Hall–Kier alpha value is -5.51. The van der Waals surface area contributed by atoms with Crippen molar-refractivity contribution in [3.05, 3.63) is 78.5 Å². The summed E-state index contributed by atoms with van der Waals surface area (Å²) in [7, 11) is 3.14. The number of carbonyl (C=O) groups is 2. The minimum Gasteiger partial charge on any atom is -0.475 e. The van der Waals surface area contributed by atoms with Crippen molar-refractivity contribution in [2.75, 3.05) is 58.9 Å². The zero-order valence-electron chi connectivity index (χ0n) is 30.8. The zero-order chi connectivity index (χ0) is 37.8. The van der Waals surface area contributed by atoms with E-state index >= 15 is 4.39 Å². The average Bonchev–Trinajstić information content (AvgIpc) is 3.93. The summed E-state index contributed by atoms with van der Waals surface area (Å²) in [4.78, 5) is 39.5. The van der Waals surface area contributed by atoms with Crippen LogP contribution in [0.2, 0.25) is 0 Å². The molecule has 5 aromatic rings. The highest BCUT2D eigenvalue weighted by Crippen LogP contribution is 2.32. The molecule has 0 aliphatic carbocycles. The number of H-pyrrole nitrogens is 1. The van der Waals surface area contributed by atoms with E-state index in [0.29, 0.717) is 74.3 Å². The van der Waals surface area contributed by atoms with E-state index in [1.165, 1.54) is 13.2 Å². The van der Waals surface area contributed by atoms with E-state index in [0.717, 1.165) is 27.6 Å². The van der Waals surface area contributed by atoms with Crippen molar-refractivity contribution in [3.63, 3.8) is 0 Å². The number of fused-ring (bicyclic) bond motifs is 1. The van der Waals surface area contributed by atoms with Gasteiger partial charge < -0.3 is 24.4 Å². The number of anilines is 1. The first-order valence-corrected chi connectivity index (χ1v) is 18.0. The van der Waals surface area contributed by atoms with Crippen LogP contribution in [-0.4, -0.2) is 117 Å². The van der Waals surface area contributed by atoms with Crippen LogP contribution in [0, 0.1) is 5.82 Å². The third-order valence-electron chi connectivity index (χ3n) is 9.86. The van der Waals surface area contributed by atoms with Gasteiger partial charge in [0.2, 0.25) is 11.8 Å². The molecule has 0 radical (unpaired) electrons. The molecule has 2 N–H and O–H groups in total. The fraction of sp³-hybridized carbons (Fsp3) is 0.385. The molecule has 1 atom stereocenters. The van der Waals surface area contributed by atoms with Gasteiger partial charge in [0, 0.05) is 69.3 Å². The highest BCUT2D eigenvalue weighted by molar-refractivity contribution is 6.01. The quantitative estimate of drug-likeness (QED) is 0.172. The molecular weight excluding hydrogens is 693 g/mol. The summed E-state index contributed by atoms with van der Waals surface area (Å²) < 4.78 is 33.4. The van der Waals surface area contributed by atoms with Crippen LogP contribution in [0.4, 0.5) is 10.1 Å². The van der Waals surface area contributed by atoms with Crippen molar-refractivity contribution in [1.29, 1.82) is 0 Å². The van der Waals surface area contributed by atoms with E-state index < -0.39 is 11.4 Å². The van der Waals surface area contributed by atoms with E-state index in [1.54, 1.807) is 35.3 Å². The summed E-state index contributed by atoms with van der Waals surface area (Å²) >= 11 is 0. The molecule has 0 spiro atoms. The number of aromatic nitrogens is 6. The van der Waals surface area contributed by atoms with Crippen molar-refractivity contribution in [1.82, 2.24) is 39.7 Å². The predicted molar refractivity (Wildman–Crippen MR) is 201 cm³/mol. The van der Waals surface area contributed by atoms with E-state index in [9.17, 15) is 9.59 Å². The average molecular weight is 738 g/mol. The minimum absolute atomic E-state index is 0.0168. The van der Waals surface area contributed by atoms with Crippen molar-refractivity contribution in [2.45, 2.75) is 44.9 Å². The first-order chi connectivity index (χ1) is 26.1. The van der Waals surface area contributed by atoms with E-state index in [2.05, 4.69) is 30.6 Å². The molecule has 282 valence electrons. The minimum atomic E-state index is -1.12. The summed E-state index contributed by atoms with van der Waals surface area (Å²) in [5, 5.41) is 15.8. The predicted octanol–water partition coefficient (Wildman–Crippen LogP) is 4.80. The standard InChI is InChI=1S/C39H44FN9O5/c1-25(2)54-34-10-6-28(21-41-34)36-31-20-29(7-9-33(31)44-45-36)43-38(51)39(53-4)13-16-47(23-39)22-35(50)48-14-11-26(12-15-48)27-5-8-30(32(40)19-27)37-42-24-49(46-37)17-18-52-3/h5-11,19-21,24-25H,12-18,22-23H2,1-4H3,(H,43,51)(H,44,45). The smallest absolute Gasteiger partial charge is 0.258 e. The molecule has 1 saturated heterocycles. The molecule has 2 aliphatic heterocycles. The fourth-order valence-electron chi connectivity index (χ4n) is 6.88. The lowest BCUT2D eigenvalue weighted by Crippen LogP contribution is -2.48. The number of halogens is 1. The van der Waals surface area contributed by atoms with Crippen LogP contribution in [0.25, 0.3) is 39.1 Å². The second-order valence-electron chi connectivity index (χ2n) is 13.8. The highest BCUT2D eigenvalue weighted by Gasteiger charge is 2.45. The largest absolute Gasteiger partial charge is 0.475 e. The van der Waals surface area contributed by atoms with Crippen molar-refractivity contribution >= 4 is 34.0 Å². The Bertz CT molecular complexity index is 2170. The lowest BCUT2D eigenvalue weighted by Gasteiger charge is -2.30. The summed E-state index contributed by atoms with van der Waals surface area (Å²) in [6.45, 7) is 6.79. The summed E-state index contributed by atoms with van der Waals surface area (Å²) in [5.74, 6) is 0.138. The van der Waals surface area contributed by atoms with Crippen LogP contribution in [0.3, 0.4) is 0 Å². The van der Waals surface area contributed by atoms with Crippen molar-refractivity contribution in [3.8, 4) is 28.5 Å². The van der Waals surface area contributed by atoms with Crippen molar-refractivity contribution in [2.24, 2.45) is 0 Å². The number of amides is 2.